The normalized spacial score (nSPS) is 26.3. The van der Waals surface area contributed by atoms with E-state index in [1.807, 2.05) is 32.0 Å². The molecule has 1 aromatic rings. The first-order chi connectivity index (χ1) is 12.8. The number of carbonyl (C=O) groups is 2. The standard InChI is InChI=1S/C21H27NO5/c1-12-5-6-13(2)16(11-12)17-18(27-20(25)14(3)23)21(22-19(17)24)9-7-15(26-4)8-10-21/h5-6,11,14-15,23H,7-10H2,1-4H3,(H,22,24). The molecule has 0 saturated heterocycles. The number of amides is 1. The van der Waals surface area contributed by atoms with Gasteiger partial charge in [-0.25, -0.2) is 4.79 Å². The highest BCUT2D eigenvalue weighted by molar-refractivity contribution is 6.24. The van der Waals surface area contributed by atoms with Crippen LogP contribution in [-0.4, -0.2) is 41.8 Å². The van der Waals surface area contributed by atoms with Crippen LogP contribution >= 0.6 is 0 Å². The number of hydrogen-bond donors (Lipinski definition) is 2. The number of ether oxygens (including phenoxy) is 2. The van der Waals surface area contributed by atoms with Gasteiger partial charge in [-0.2, -0.15) is 0 Å². The minimum atomic E-state index is -1.26. The molecule has 1 spiro atoms. The molecule has 146 valence electrons. The quantitative estimate of drug-likeness (QED) is 0.792. The average Bonchev–Trinajstić information content (AvgIpc) is 2.89. The van der Waals surface area contributed by atoms with Gasteiger partial charge in [0.05, 0.1) is 17.2 Å². The molecule has 1 unspecified atom stereocenters. The van der Waals surface area contributed by atoms with Crippen molar-refractivity contribution in [3.63, 3.8) is 0 Å². The molecule has 0 radical (unpaired) electrons. The van der Waals surface area contributed by atoms with E-state index in [2.05, 4.69) is 5.32 Å². The summed E-state index contributed by atoms with van der Waals surface area (Å²) < 4.78 is 11.1. The number of rotatable bonds is 4. The van der Waals surface area contributed by atoms with E-state index in [4.69, 9.17) is 9.47 Å². The highest BCUT2D eigenvalue weighted by Gasteiger charge is 2.50. The maximum Gasteiger partial charge on any atom is 0.339 e. The number of esters is 1. The van der Waals surface area contributed by atoms with Gasteiger partial charge in [-0.15, -0.1) is 0 Å². The fourth-order valence-corrected chi connectivity index (χ4v) is 3.94. The van der Waals surface area contributed by atoms with Gasteiger partial charge in [0.1, 0.15) is 11.9 Å². The number of methoxy groups -OCH3 is 1. The lowest BCUT2D eigenvalue weighted by Crippen LogP contribution is -2.49. The van der Waals surface area contributed by atoms with E-state index in [1.54, 1.807) is 7.11 Å². The van der Waals surface area contributed by atoms with Crippen molar-refractivity contribution in [2.75, 3.05) is 7.11 Å². The largest absolute Gasteiger partial charge is 0.426 e. The smallest absolute Gasteiger partial charge is 0.339 e. The zero-order valence-electron chi connectivity index (χ0n) is 16.3. The molecule has 1 aliphatic heterocycles. The Bertz CT molecular complexity index is 788. The third-order valence-corrected chi connectivity index (χ3v) is 5.57. The molecule has 1 saturated carbocycles. The summed E-state index contributed by atoms with van der Waals surface area (Å²) in [5.41, 5.74) is 2.36. The second-order valence-corrected chi connectivity index (χ2v) is 7.59. The summed E-state index contributed by atoms with van der Waals surface area (Å²) in [6.07, 6.45) is 1.62. The second kappa shape index (κ2) is 7.44. The number of carbonyl (C=O) groups excluding carboxylic acids is 2. The van der Waals surface area contributed by atoms with E-state index >= 15 is 0 Å². The summed E-state index contributed by atoms with van der Waals surface area (Å²) in [6, 6.07) is 5.86. The Morgan fingerprint density at radius 1 is 1.30 bits per heavy atom. The van der Waals surface area contributed by atoms with Crippen molar-refractivity contribution in [3.05, 3.63) is 40.6 Å². The molecule has 6 nitrogen and oxygen atoms in total. The van der Waals surface area contributed by atoms with Gasteiger partial charge in [-0.3, -0.25) is 4.79 Å². The van der Waals surface area contributed by atoms with Crippen LogP contribution in [0.3, 0.4) is 0 Å². The highest BCUT2D eigenvalue weighted by atomic mass is 16.6. The molecular formula is C21H27NO5. The SMILES string of the molecule is COC1CCC2(CC1)NC(=O)C(c1cc(C)ccc1C)=C2OC(=O)C(C)O. The molecule has 3 rings (SSSR count). The van der Waals surface area contributed by atoms with Crippen molar-refractivity contribution < 1.29 is 24.2 Å². The van der Waals surface area contributed by atoms with Gasteiger partial charge >= 0.3 is 5.97 Å². The van der Waals surface area contributed by atoms with E-state index in [1.165, 1.54) is 6.92 Å². The molecule has 0 aromatic heterocycles. The van der Waals surface area contributed by atoms with Crippen LogP contribution in [0, 0.1) is 13.8 Å². The zero-order chi connectivity index (χ0) is 19.8. The van der Waals surface area contributed by atoms with Gasteiger partial charge in [0.2, 0.25) is 0 Å². The topological polar surface area (TPSA) is 84.9 Å². The summed E-state index contributed by atoms with van der Waals surface area (Å²) in [7, 11) is 1.68. The van der Waals surface area contributed by atoms with Crippen LogP contribution in [0.4, 0.5) is 0 Å². The molecule has 1 aromatic carbocycles. The summed E-state index contributed by atoms with van der Waals surface area (Å²) in [5, 5.41) is 12.7. The maximum atomic E-state index is 13.0. The Morgan fingerprint density at radius 2 is 1.96 bits per heavy atom. The third kappa shape index (κ3) is 3.64. The van der Waals surface area contributed by atoms with Crippen molar-refractivity contribution in [1.82, 2.24) is 5.32 Å². The molecule has 0 bridgehead atoms. The van der Waals surface area contributed by atoms with E-state index < -0.39 is 17.6 Å². The summed E-state index contributed by atoms with van der Waals surface area (Å²) in [4.78, 5) is 25.2. The van der Waals surface area contributed by atoms with Crippen molar-refractivity contribution in [2.24, 2.45) is 0 Å². The van der Waals surface area contributed by atoms with Crippen molar-refractivity contribution in [1.29, 1.82) is 0 Å². The number of nitrogens with one attached hydrogen (secondary N) is 1. The van der Waals surface area contributed by atoms with Crippen LogP contribution in [0.5, 0.6) is 0 Å². The van der Waals surface area contributed by atoms with Crippen molar-refractivity contribution in [3.8, 4) is 0 Å². The van der Waals surface area contributed by atoms with Crippen LogP contribution in [0.2, 0.25) is 0 Å². The second-order valence-electron chi connectivity index (χ2n) is 7.59. The van der Waals surface area contributed by atoms with Gasteiger partial charge in [0.15, 0.2) is 0 Å². The highest BCUT2D eigenvalue weighted by Crippen LogP contribution is 2.44. The third-order valence-electron chi connectivity index (χ3n) is 5.57. The van der Waals surface area contributed by atoms with Crippen molar-refractivity contribution >= 4 is 17.4 Å². The Kier molecular flexibility index (Phi) is 5.40. The maximum absolute atomic E-state index is 13.0. The van der Waals surface area contributed by atoms with Gasteiger partial charge in [-0.05, 0) is 57.6 Å². The predicted octanol–water partition coefficient (Wildman–Crippen LogP) is 2.40. The lowest BCUT2D eigenvalue weighted by Gasteiger charge is -2.37. The van der Waals surface area contributed by atoms with Crippen molar-refractivity contribution in [2.45, 2.75) is 64.2 Å². The fraction of sp³-hybridized carbons (Fsp3) is 0.524. The lowest BCUT2D eigenvalue weighted by molar-refractivity contribution is -0.149. The van der Waals surface area contributed by atoms with E-state index in [0.717, 1.165) is 29.5 Å². The molecule has 27 heavy (non-hydrogen) atoms. The minimum absolute atomic E-state index is 0.131. The van der Waals surface area contributed by atoms with Gasteiger partial charge in [0.25, 0.3) is 5.91 Å². The molecule has 1 heterocycles. The summed E-state index contributed by atoms with van der Waals surface area (Å²) >= 11 is 0. The van der Waals surface area contributed by atoms with E-state index in [-0.39, 0.29) is 12.0 Å². The molecule has 1 atom stereocenters. The summed E-state index contributed by atoms with van der Waals surface area (Å²) in [5.74, 6) is -0.660. The molecule has 1 fully saturated rings. The minimum Gasteiger partial charge on any atom is -0.426 e. The molecule has 2 N–H and O–H groups in total. The van der Waals surface area contributed by atoms with Crippen LogP contribution in [0.25, 0.3) is 5.57 Å². The molecular weight excluding hydrogens is 346 g/mol. The van der Waals surface area contributed by atoms with Crippen LogP contribution < -0.4 is 5.32 Å². The number of aliphatic hydroxyl groups is 1. The number of benzene rings is 1. The van der Waals surface area contributed by atoms with Gasteiger partial charge < -0.3 is 19.9 Å². The Labute approximate surface area is 159 Å². The molecule has 2 aliphatic rings. The summed E-state index contributed by atoms with van der Waals surface area (Å²) in [6.45, 7) is 5.24. The first kappa shape index (κ1) is 19.6. The van der Waals surface area contributed by atoms with Crippen LogP contribution in [0.15, 0.2) is 24.0 Å². The molecule has 6 heteroatoms. The fourth-order valence-electron chi connectivity index (χ4n) is 3.94. The number of hydrogen-bond acceptors (Lipinski definition) is 5. The first-order valence-electron chi connectivity index (χ1n) is 9.35. The first-order valence-corrected chi connectivity index (χ1v) is 9.35. The average molecular weight is 373 g/mol. The molecule has 1 aliphatic carbocycles. The Morgan fingerprint density at radius 3 is 2.56 bits per heavy atom. The molecule has 1 amide bonds. The van der Waals surface area contributed by atoms with Crippen LogP contribution in [0.1, 0.15) is 49.3 Å². The van der Waals surface area contributed by atoms with Gasteiger partial charge in [-0.1, -0.05) is 23.8 Å². The zero-order valence-corrected chi connectivity index (χ0v) is 16.3. The number of aryl methyl sites for hydroxylation is 2. The van der Waals surface area contributed by atoms with E-state index in [0.29, 0.717) is 24.2 Å². The lowest BCUT2D eigenvalue weighted by atomic mass is 9.79. The predicted molar refractivity (Wildman–Crippen MR) is 101 cm³/mol. The Hall–Kier alpha value is -2.18. The van der Waals surface area contributed by atoms with Gasteiger partial charge in [0, 0.05) is 7.11 Å². The number of aliphatic hydroxyl groups excluding tert-OH is 1. The Balaban J connectivity index is 2.11. The van der Waals surface area contributed by atoms with E-state index in [9.17, 15) is 14.7 Å². The van der Waals surface area contributed by atoms with Crippen LogP contribution in [-0.2, 0) is 19.1 Å². The monoisotopic (exact) mass is 373 g/mol.